The second-order valence-corrected chi connectivity index (χ2v) is 6.09. The van der Waals surface area contributed by atoms with Crippen molar-refractivity contribution >= 4 is 34.1 Å². The van der Waals surface area contributed by atoms with E-state index in [9.17, 15) is 4.79 Å². The molecule has 0 radical (unpaired) electrons. The van der Waals surface area contributed by atoms with Gasteiger partial charge in [-0.15, -0.1) is 0 Å². The van der Waals surface area contributed by atoms with Gasteiger partial charge in [-0.3, -0.25) is 9.78 Å². The van der Waals surface area contributed by atoms with Crippen molar-refractivity contribution in [2.75, 3.05) is 18.5 Å². The molecule has 0 aliphatic carbocycles. The number of benzene rings is 2. The average molecular weight is 371 g/mol. The minimum absolute atomic E-state index is 0.0997. The number of rotatable bonds is 7. The Morgan fingerprint density at radius 2 is 1.92 bits per heavy atom. The number of carbonyl (C=O) groups excluding carboxylic acids is 1. The maximum Gasteiger partial charge on any atom is 0.262 e. The molecule has 3 rings (SSSR count). The molecular formula is C20H19ClN2O3. The van der Waals surface area contributed by atoms with Crippen LogP contribution in [0.1, 0.15) is 13.3 Å². The Labute approximate surface area is 156 Å². The molecule has 0 unspecified atom stereocenters. The van der Waals surface area contributed by atoms with Gasteiger partial charge in [0.1, 0.15) is 17.0 Å². The smallest absolute Gasteiger partial charge is 0.262 e. The van der Waals surface area contributed by atoms with Crippen molar-refractivity contribution in [3.63, 3.8) is 0 Å². The number of nitrogens with one attached hydrogen (secondary N) is 1. The van der Waals surface area contributed by atoms with E-state index >= 15 is 0 Å². The van der Waals surface area contributed by atoms with Crippen molar-refractivity contribution in [1.82, 2.24) is 4.98 Å². The van der Waals surface area contributed by atoms with E-state index in [-0.39, 0.29) is 12.5 Å². The number of nitrogens with zero attached hydrogens (tertiary/aromatic N) is 1. The number of amides is 1. The van der Waals surface area contributed by atoms with Gasteiger partial charge >= 0.3 is 0 Å². The summed E-state index contributed by atoms with van der Waals surface area (Å²) in [6, 6.07) is 14.2. The lowest BCUT2D eigenvalue weighted by molar-refractivity contribution is -0.118. The molecule has 6 heteroatoms. The molecule has 0 saturated heterocycles. The third-order valence-corrected chi connectivity index (χ3v) is 3.90. The van der Waals surface area contributed by atoms with Gasteiger partial charge in [0.15, 0.2) is 6.61 Å². The van der Waals surface area contributed by atoms with E-state index in [1.165, 1.54) is 0 Å². The lowest BCUT2D eigenvalue weighted by atomic mass is 10.1. The van der Waals surface area contributed by atoms with Crippen molar-refractivity contribution in [3.8, 4) is 11.5 Å². The van der Waals surface area contributed by atoms with Crippen LogP contribution in [0.5, 0.6) is 11.5 Å². The molecule has 1 aromatic heterocycles. The molecular weight excluding hydrogens is 352 g/mol. The van der Waals surface area contributed by atoms with Gasteiger partial charge in [0, 0.05) is 16.6 Å². The van der Waals surface area contributed by atoms with Crippen LogP contribution in [0, 0.1) is 0 Å². The van der Waals surface area contributed by atoms with E-state index in [0.717, 1.165) is 17.3 Å². The summed E-state index contributed by atoms with van der Waals surface area (Å²) in [5, 5.41) is 4.30. The third-order valence-electron chi connectivity index (χ3n) is 3.65. The van der Waals surface area contributed by atoms with Crippen molar-refractivity contribution in [2.45, 2.75) is 13.3 Å². The Bertz CT molecular complexity index is 897. The number of ether oxygens (including phenoxy) is 2. The van der Waals surface area contributed by atoms with Gasteiger partial charge in [0.25, 0.3) is 5.91 Å². The molecule has 1 heterocycles. The molecule has 5 nitrogen and oxygen atoms in total. The molecule has 0 saturated carbocycles. The normalized spacial score (nSPS) is 10.5. The van der Waals surface area contributed by atoms with Crippen LogP contribution in [-0.4, -0.2) is 24.1 Å². The Hall–Kier alpha value is -2.79. The largest absolute Gasteiger partial charge is 0.491 e. The van der Waals surface area contributed by atoms with Gasteiger partial charge in [-0.05, 0) is 55.0 Å². The molecule has 0 bridgehead atoms. The molecule has 1 N–H and O–H groups in total. The summed E-state index contributed by atoms with van der Waals surface area (Å²) in [4.78, 5) is 16.6. The Morgan fingerprint density at radius 1 is 1.12 bits per heavy atom. The lowest BCUT2D eigenvalue weighted by Crippen LogP contribution is -2.20. The standard InChI is InChI=1S/C20H19ClN2O3/c1-2-12-25-18-10-9-17(16-4-3-11-22-20(16)18)23-19(24)13-26-15-7-5-14(21)6-8-15/h3-11H,2,12-13H2,1H3,(H,23,24). The number of hydrogen-bond acceptors (Lipinski definition) is 4. The average Bonchev–Trinajstić information content (AvgIpc) is 2.67. The molecule has 0 fully saturated rings. The monoisotopic (exact) mass is 370 g/mol. The summed E-state index contributed by atoms with van der Waals surface area (Å²) >= 11 is 5.83. The van der Waals surface area contributed by atoms with Crippen molar-refractivity contribution in [1.29, 1.82) is 0 Å². The van der Waals surface area contributed by atoms with Gasteiger partial charge in [-0.2, -0.15) is 0 Å². The van der Waals surface area contributed by atoms with Crippen molar-refractivity contribution in [3.05, 3.63) is 59.8 Å². The zero-order valence-electron chi connectivity index (χ0n) is 14.4. The van der Waals surface area contributed by atoms with Crippen molar-refractivity contribution < 1.29 is 14.3 Å². The van der Waals surface area contributed by atoms with Crippen molar-refractivity contribution in [2.24, 2.45) is 0 Å². The maximum absolute atomic E-state index is 12.2. The van der Waals surface area contributed by atoms with Crippen LogP contribution in [0.4, 0.5) is 5.69 Å². The second-order valence-electron chi connectivity index (χ2n) is 5.65. The number of fused-ring (bicyclic) bond motifs is 1. The fourth-order valence-electron chi connectivity index (χ4n) is 2.45. The van der Waals surface area contributed by atoms with Crippen LogP contribution in [0.3, 0.4) is 0 Å². The number of carbonyl (C=O) groups is 1. The number of pyridine rings is 1. The first kappa shape index (κ1) is 18.0. The van der Waals surface area contributed by atoms with E-state index in [4.69, 9.17) is 21.1 Å². The number of aromatic nitrogens is 1. The molecule has 1 amide bonds. The van der Waals surface area contributed by atoms with Crippen LogP contribution in [0.25, 0.3) is 10.9 Å². The Balaban J connectivity index is 1.71. The lowest BCUT2D eigenvalue weighted by Gasteiger charge is -2.12. The maximum atomic E-state index is 12.2. The summed E-state index contributed by atoms with van der Waals surface area (Å²) in [7, 11) is 0. The van der Waals surface area contributed by atoms with E-state index in [0.29, 0.717) is 28.8 Å². The molecule has 26 heavy (non-hydrogen) atoms. The molecule has 0 aliphatic heterocycles. The molecule has 134 valence electrons. The van der Waals surface area contributed by atoms with E-state index in [1.54, 1.807) is 30.5 Å². The number of hydrogen-bond donors (Lipinski definition) is 1. The Morgan fingerprint density at radius 3 is 2.69 bits per heavy atom. The minimum Gasteiger partial charge on any atom is -0.491 e. The van der Waals surface area contributed by atoms with Gasteiger partial charge in [0.2, 0.25) is 0 Å². The van der Waals surface area contributed by atoms with Crippen LogP contribution >= 0.6 is 11.6 Å². The molecule has 2 aromatic carbocycles. The van der Waals surface area contributed by atoms with Gasteiger partial charge < -0.3 is 14.8 Å². The summed E-state index contributed by atoms with van der Waals surface area (Å²) in [6.07, 6.45) is 2.62. The topological polar surface area (TPSA) is 60.5 Å². The fourth-order valence-corrected chi connectivity index (χ4v) is 2.58. The SMILES string of the molecule is CCCOc1ccc(NC(=O)COc2ccc(Cl)cc2)c2cccnc12. The first-order valence-electron chi connectivity index (χ1n) is 8.36. The van der Waals surface area contributed by atoms with Crippen LogP contribution in [0.2, 0.25) is 5.02 Å². The van der Waals surface area contributed by atoms with Gasteiger partial charge in [-0.25, -0.2) is 0 Å². The molecule has 0 aliphatic rings. The first-order valence-corrected chi connectivity index (χ1v) is 8.74. The zero-order valence-corrected chi connectivity index (χ0v) is 15.1. The van der Waals surface area contributed by atoms with Crippen LogP contribution in [0.15, 0.2) is 54.7 Å². The summed E-state index contributed by atoms with van der Waals surface area (Å²) in [5.74, 6) is 1.03. The zero-order chi connectivity index (χ0) is 18.4. The van der Waals surface area contributed by atoms with E-state index < -0.39 is 0 Å². The van der Waals surface area contributed by atoms with Crippen LogP contribution < -0.4 is 14.8 Å². The molecule has 0 spiro atoms. The third kappa shape index (κ3) is 4.43. The van der Waals surface area contributed by atoms with Gasteiger partial charge in [-0.1, -0.05) is 18.5 Å². The first-order chi connectivity index (χ1) is 12.7. The summed E-state index contributed by atoms with van der Waals surface area (Å²) in [5.41, 5.74) is 1.39. The predicted molar refractivity (Wildman–Crippen MR) is 103 cm³/mol. The Kier molecular flexibility index (Phi) is 5.92. The highest BCUT2D eigenvalue weighted by Gasteiger charge is 2.11. The quantitative estimate of drug-likeness (QED) is 0.655. The number of halogens is 1. The van der Waals surface area contributed by atoms with E-state index in [1.807, 2.05) is 31.2 Å². The fraction of sp³-hybridized carbons (Fsp3) is 0.200. The minimum atomic E-state index is -0.257. The van der Waals surface area contributed by atoms with E-state index in [2.05, 4.69) is 10.3 Å². The van der Waals surface area contributed by atoms with Crippen LogP contribution in [-0.2, 0) is 4.79 Å². The highest BCUT2D eigenvalue weighted by atomic mass is 35.5. The van der Waals surface area contributed by atoms with Gasteiger partial charge in [0.05, 0.1) is 12.3 Å². The molecule has 0 atom stereocenters. The predicted octanol–water partition coefficient (Wildman–Crippen LogP) is 4.69. The summed E-state index contributed by atoms with van der Waals surface area (Å²) < 4.78 is 11.2. The molecule has 3 aromatic rings. The second kappa shape index (κ2) is 8.54. The number of anilines is 1. The highest BCUT2D eigenvalue weighted by Crippen LogP contribution is 2.30. The highest BCUT2D eigenvalue weighted by molar-refractivity contribution is 6.30. The summed E-state index contributed by atoms with van der Waals surface area (Å²) in [6.45, 7) is 2.56.